The second-order valence-electron chi connectivity index (χ2n) is 7.89. The summed E-state index contributed by atoms with van der Waals surface area (Å²) >= 11 is 1.79. The molecule has 4 heterocycles. The summed E-state index contributed by atoms with van der Waals surface area (Å²) < 4.78 is 12.5. The SMILES string of the molecule is C1=C2c3c(sc4nc(-n5cncn5)nc(NCCc5ccc6c(c5)OCO6)c34)C2CC1. The zero-order valence-electron chi connectivity index (χ0n) is 16.5. The molecule has 4 aromatic rings. The van der Waals surface area contributed by atoms with Gasteiger partial charge in [-0.25, -0.2) is 4.98 Å². The van der Waals surface area contributed by atoms with Gasteiger partial charge in [-0.05, 0) is 42.5 Å². The number of anilines is 1. The predicted octanol–water partition coefficient (Wildman–Crippen LogP) is 3.93. The molecule has 1 aliphatic heterocycles. The van der Waals surface area contributed by atoms with Crippen molar-refractivity contribution in [3.8, 4) is 17.4 Å². The summed E-state index contributed by atoms with van der Waals surface area (Å²) in [5, 5.41) is 8.92. The summed E-state index contributed by atoms with van der Waals surface area (Å²) in [5.74, 6) is 3.61. The molecule has 9 heteroatoms. The van der Waals surface area contributed by atoms with Crippen molar-refractivity contribution in [2.75, 3.05) is 18.7 Å². The monoisotopic (exact) mass is 430 g/mol. The van der Waals surface area contributed by atoms with Crippen LogP contribution < -0.4 is 14.8 Å². The van der Waals surface area contributed by atoms with Crippen LogP contribution in [0.3, 0.4) is 0 Å². The van der Waals surface area contributed by atoms with E-state index in [9.17, 15) is 0 Å². The molecule has 8 nitrogen and oxygen atoms in total. The first-order valence-electron chi connectivity index (χ1n) is 10.4. The molecule has 2 aliphatic carbocycles. The Hall–Kier alpha value is -3.46. The Kier molecular flexibility index (Phi) is 3.63. The van der Waals surface area contributed by atoms with E-state index in [-0.39, 0.29) is 0 Å². The van der Waals surface area contributed by atoms with Gasteiger partial charge < -0.3 is 14.8 Å². The molecule has 0 radical (unpaired) electrons. The van der Waals surface area contributed by atoms with Gasteiger partial charge >= 0.3 is 0 Å². The lowest BCUT2D eigenvalue weighted by Crippen LogP contribution is -2.12. The third-order valence-corrected chi connectivity index (χ3v) is 7.33. The minimum atomic E-state index is 0.293. The second-order valence-corrected chi connectivity index (χ2v) is 8.92. The summed E-state index contributed by atoms with van der Waals surface area (Å²) in [6.45, 7) is 1.04. The Morgan fingerprint density at radius 1 is 1.19 bits per heavy atom. The largest absolute Gasteiger partial charge is 0.454 e. The maximum Gasteiger partial charge on any atom is 0.255 e. The molecular weight excluding hydrogens is 412 g/mol. The van der Waals surface area contributed by atoms with E-state index in [1.54, 1.807) is 22.3 Å². The van der Waals surface area contributed by atoms with Gasteiger partial charge in [0.2, 0.25) is 6.79 Å². The molecule has 1 atom stereocenters. The molecule has 7 rings (SSSR count). The number of allylic oxidation sites excluding steroid dienone is 2. The Morgan fingerprint density at radius 2 is 2.16 bits per heavy atom. The smallest absolute Gasteiger partial charge is 0.255 e. The molecule has 1 N–H and O–H groups in total. The van der Waals surface area contributed by atoms with E-state index < -0.39 is 0 Å². The minimum absolute atomic E-state index is 0.293. The van der Waals surface area contributed by atoms with E-state index in [1.165, 1.54) is 34.3 Å². The van der Waals surface area contributed by atoms with Gasteiger partial charge in [-0.1, -0.05) is 12.1 Å². The first kappa shape index (κ1) is 17.2. The van der Waals surface area contributed by atoms with Gasteiger partial charge in [-0.15, -0.1) is 11.3 Å². The first-order chi connectivity index (χ1) is 15.3. The minimum Gasteiger partial charge on any atom is -0.454 e. The molecule has 3 aliphatic rings. The van der Waals surface area contributed by atoms with Gasteiger partial charge in [0.1, 0.15) is 23.3 Å². The molecule has 0 amide bonds. The van der Waals surface area contributed by atoms with Crippen molar-refractivity contribution in [1.82, 2.24) is 24.7 Å². The van der Waals surface area contributed by atoms with Crippen molar-refractivity contribution in [2.45, 2.75) is 25.2 Å². The van der Waals surface area contributed by atoms with Gasteiger partial charge in [0, 0.05) is 22.9 Å². The molecule has 1 unspecified atom stereocenters. The number of aromatic nitrogens is 5. The quantitative estimate of drug-likeness (QED) is 0.513. The number of nitrogens with zero attached hydrogens (tertiary/aromatic N) is 5. The highest BCUT2D eigenvalue weighted by Gasteiger charge is 2.39. The zero-order valence-corrected chi connectivity index (χ0v) is 17.4. The van der Waals surface area contributed by atoms with Crippen LogP contribution in [0.15, 0.2) is 36.9 Å². The lowest BCUT2D eigenvalue weighted by molar-refractivity contribution is 0.174. The Balaban J connectivity index is 1.24. The van der Waals surface area contributed by atoms with E-state index in [0.29, 0.717) is 18.7 Å². The van der Waals surface area contributed by atoms with Crippen molar-refractivity contribution in [1.29, 1.82) is 0 Å². The van der Waals surface area contributed by atoms with Gasteiger partial charge in [-0.2, -0.15) is 19.7 Å². The summed E-state index contributed by atoms with van der Waals surface area (Å²) in [6, 6.07) is 6.10. The fourth-order valence-electron chi connectivity index (χ4n) is 4.68. The molecule has 31 heavy (non-hydrogen) atoms. The second kappa shape index (κ2) is 6.52. The van der Waals surface area contributed by atoms with E-state index in [1.807, 2.05) is 12.1 Å². The van der Waals surface area contributed by atoms with Gasteiger partial charge in [0.05, 0.1) is 5.39 Å². The van der Waals surface area contributed by atoms with Crippen LogP contribution >= 0.6 is 11.3 Å². The fraction of sp³-hybridized carbons (Fsp3) is 0.273. The average Bonchev–Trinajstić information content (AvgIpc) is 3.56. The molecule has 0 bridgehead atoms. The number of nitrogens with one attached hydrogen (secondary N) is 1. The third-order valence-electron chi connectivity index (χ3n) is 6.13. The number of fused-ring (bicyclic) bond motifs is 7. The fourth-order valence-corrected chi connectivity index (χ4v) is 6.02. The van der Waals surface area contributed by atoms with Crippen LogP contribution in [0.2, 0.25) is 0 Å². The van der Waals surface area contributed by atoms with Crippen molar-refractivity contribution < 1.29 is 9.47 Å². The number of ether oxygens (including phenoxy) is 2. The van der Waals surface area contributed by atoms with Crippen LogP contribution in [-0.2, 0) is 6.42 Å². The molecule has 0 saturated carbocycles. The van der Waals surface area contributed by atoms with Crippen LogP contribution in [0.4, 0.5) is 5.82 Å². The topological polar surface area (TPSA) is 87.0 Å². The van der Waals surface area contributed by atoms with Crippen molar-refractivity contribution in [3.05, 3.63) is 52.9 Å². The van der Waals surface area contributed by atoms with Crippen LogP contribution in [0.25, 0.3) is 21.7 Å². The number of benzene rings is 1. The highest BCUT2D eigenvalue weighted by Crippen LogP contribution is 2.59. The Bertz CT molecular complexity index is 1360. The summed E-state index contributed by atoms with van der Waals surface area (Å²) in [4.78, 5) is 16.1. The maximum atomic E-state index is 5.50. The molecular formula is C22H18N6O2S. The normalized spacial score (nSPS) is 17.9. The van der Waals surface area contributed by atoms with Crippen molar-refractivity contribution >= 4 is 32.9 Å². The Labute approximate surface area is 181 Å². The lowest BCUT2D eigenvalue weighted by atomic mass is 9.80. The predicted molar refractivity (Wildman–Crippen MR) is 117 cm³/mol. The van der Waals surface area contributed by atoms with Crippen molar-refractivity contribution in [3.63, 3.8) is 0 Å². The van der Waals surface area contributed by atoms with Crippen LogP contribution in [0.1, 0.15) is 34.8 Å². The first-order valence-corrected chi connectivity index (χ1v) is 11.2. The van der Waals surface area contributed by atoms with Gasteiger partial charge in [0.15, 0.2) is 11.5 Å². The summed E-state index contributed by atoms with van der Waals surface area (Å²) in [6.07, 6.45) is 8.72. The average molecular weight is 430 g/mol. The Morgan fingerprint density at radius 3 is 3.10 bits per heavy atom. The van der Waals surface area contributed by atoms with E-state index in [4.69, 9.17) is 19.4 Å². The molecule has 0 spiro atoms. The number of rotatable bonds is 5. The third kappa shape index (κ3) is 2.59. The molecule has 154 valence electrons. The molecule has 0 fully saturated rings. The number of hydrogen-bond donors (Lipinski definition) is 1. The van der Waals surface area contributed by atoms with E-state index >= 15 is 0 Å². The van der Waals surface area contributed by atoms with Gasteiger partial charge in [-0.3, -0.25) is 0 Å². The van der Waals surface area contributed by atoms with Crippen LogP contribution in [0.5, 0.6) is 11.5 Å². The van der Waals surface area contributed by atoms with E-state index in [0.717, 1.165) is 46.9 Å². The van der Waals surface area contributed by atoms with E-state index in [2.05, 4.69) is 27.5 Å². The summed E-state index contributed by atoms with van der Waals surface area (Å²) in [7, 11) is 0. The lowest BCUT2D eigenvalue weighted by Gasteiger charge is -2.26. The molecule has 3 aromatic heterocycles. The highest BCUT2D eigenvalue weighted by molar-refractivity contribution is 7.19. The molecule has 1 aromatic carbocycles. The maximum absolute atomic E-state index is 5.50. The van der Waals surface area contributed by atoms with Crippen LogP contribution in [0, 0.1) is 0 Å². The summed E-state index contributed by atoms with van der Waals surface area (Å²) in [5.41, 5.74) is 4.01. The number of thiophene rings is 1. The van der Waals surface area contributed by atoms with Gasteiger partial charge in [0.25, 0.3) is 5.95 Å². The highest BCUT2D eigenvalue weighted by atomic mass is 32.1. The van der Waals surface area contributed by atoms with Crippen molar-refractivity contribution in [2.24, 2.45) is 0 Å². The zero-order chi connectivity index (χ0) is 20.4. The standard InChI is InChI=1S/C22H18N6O2S/c1-2-13-14(3-1)19-17(13)18-20(26-22(27-21(18)31-19)28-10-23-9-25-28)24-7-6-12-4-5-15-16(8-12)30-11-29-15/h2,4-5,8-10,14H,1,3,6-7,11H2,(H,24,26,27). The number of hydrogen-bond acceptors (Lipinski definition) is 8. The van der Waals surface area contributed by atoms with Crippen LogP contribution in [-0.4, -0.2) is 38.1 Å². The molecule has 0 saturated heterocycles.